The van der Waals surface area contributed by atoms with Gasteiger partial charge in [-0.15, -0.1) is 0 Å². The molecule has 3 nitrogen and oxygen atoms in total. The molecule has 1 aromatic carbocycles. The Balaban J connectivity index is 2.16. The van der Waals surface area contributed by atoms with E-state index in [1.165, 1.54) is 5.56 Å². The van der Waals surface area contributed by atoms with Crippen molar-refractivity contribution in [2.45, 2.75) is 13.0 Å². The molecule has 102 valence electrons. The van der Waals surface area contributed by atoms with E-state index in [4.69, 9.17) is 12.2 Å². The molecule has 1 atom stereocenters. The SMILES string of the molecule is CC(c1ccc(Br)cc1)n1c(=S)[nH]c2cc(Br)cnc21. The zero-order valence-electron chi connectivity index (χ0n) is 10.6. The van der Waals surface area contributed by atoms with Gasteiger partial charge >= 0.3 is 0 Å². The highest BCUT2D eigenvalue weighted by molar-refractivity contribution is 9.10. The number of hydrogen-bond donors (Lipinski definition) is 1. The van der Waals surface area contributed by atoms with Gasteiger partial charge in [-0.2, -0.15) is 0 Å². The predicted molar refractivity (Wildman–Crippen MR) is 90.6 cm³/mol. The molecule has 6 heteroatoms. The van der Waals surface area contributed by atoms with E-state index in [2.05, 4.69) is 60.9 Å². The second-order valence-corrected chi connectivity index (χ2v) is 6.77. The van der Waals surface area contributed by atoms with E-state index in [9.17, 15) is 0 Å². The van der Waals surface area contributed by atoms with Gasteiger partial charge in [0.2, 0.25) is 0 Å². The molecule has 0 bridgehead atoms. The fraction of sp³-hybridized carbons (Fsp3) is 0.143. The van der Waals surface area contributed by atoms with Gasteiger partial charge in [0.25, 0.3) is 0 Å². The number of halogens is 2. The monoisotopic (exact) mass is 411 g/mol. The zero-order chi connectivity index (χ0) is 14.3. The van der Waals surface area contributed by atoms with Crippen LogP contribution in [0.3, 0.4) is 0 Å². The van der Waals surface area contributed by atoms with Gasteiger partial charge in [0, 0.05) is 15.1 Å². The topological polar surface area (TPSA) is 33.6 Å². The third-order valence-electron chi connectivity index (χ3n) is 3.26. The molecule has 20 heavy (non-hydrogen) atoms. The summed E-state index contributed by atoms with van der Waals surface area (Å²) in [7, 11) is 0. The molecule has 0 saturated carbocycles. The van der Waals surface area contributed by atoms with E-state index >= 15 is 0 Å². The second kappa shape index (κ2) is 5.42. The van der Waals surface area contributed by atoms with E-state index in [1.807, 2.05) is 22.8 Å². The van der Waals surface area contributed by atoms with Crippen molar-refractivity contribution in [1.29, 1.82) is 0 Å². The largest absolute Gasteiger partial charge is 0.329 e. The molecule has 2 heterocycles. The van der Waals surface area contributed by atoms with E-state index in [1.54, 1.807) is 6.20 Å². The van der Waals surface area contributed by atoms with Gasteiger partial charge in [-0.3, -0.25) is 4.57 Å². The van der Waals surface area contributed by atoms with Crippen molar-refractivity contribution in [2.24, 2.45) is 0 Å². The summed E-state index contributed by atoms with van der Waals surface area (Å²) in [6.07, 6.45) is 1.79. The number of benzene rings is 1. The van der Waals surface area contributed by atoms with Crippen LogP contribution >= 0.6 is 44.1 Å². The van der Waals surface area contributed by atoms with Crippen LogP contribution < -0.4 is 0 Å². The number of H-pyrrole nitrogens is 1. The van der Waals surface area contributed by atoms with Crippen molar-refractivity contribution < 1.29 is 0 Å². The Morgan fingerprint density at radius 1 is 1.20 bits per heavy atom. The van der Waals surface area contributed by atoms with Crippen LogP contribution in [0.1, 0.15) is 18.5 Å². The van der Waals surface area contributed by atoms with Gasteiger partial charge in [0.1, 0.15) is 0 Å². The van der Waals surface area contributed by atoms with Crippen molar-refractivity contribution in [1.82, 2.24) is 14.5 Å². The van der Waals surface area contributed by atoms with Crippen molar-refractivity contribution in [3.8, 4) is 0 Å². The summed E-state index contributed by atoms with van der Waals surface area (Å²) in [5.74, 6) is 0. The summed E-state index contributed by atoms with van der Waals surface area (Å²) in [6, 6.07) is 10.4. The molecule has 0 saturated heterocycles. The van der Waals surface area contributed by atoms with Gasteiger partial charge < -0.3 is 4.98 Å². The molecule has 2 aromatic heterocycles. The van der Waals surface area contributed by atoms with E-state index in [-0.39, 0.29) is 6.04 Å². The van der Waals surface area contributed by atoms with Crippen LogP contribution in [0.4, 0.5) is 0 Å². The lowest BCUT2D eigenvalue weighted by Crippen LogP contribution is -2.07. The summed E-state index contributed by atoms with van der Waals surface area (Å²) in [6.45, 7) is 2.12. The van der Waals surface area contributed by atoms with Gasteiger partial charge in [-0.05, 0) is 58.8 Å². The Bertz CT molecular complexity index is 821. The molecule has 1 N–H and O–H groups in total. The molecule has 3 rings (SSSR count). The fourth-order valence-electron chi connectivity index (χ4n) is 2.24. The Labute approximate surface area is 138 Å². The number of rotatable bonds is 2. The first-order valence-corrected chi connectivity index (χ1v) is 8.07. The maximum absolute atomic E-state index is 5.44. The fourth-order valence-corrected chi connectivity index (χ4v) is 3.19. The summed E-state index contributed by atoms with van der Waals surface area (Å²) in [5, 5.41) is 0. The highest BCUT2D eigenvalue weighted by atomic mass is 79.9. The molecule has 0 aliphatic carbocycles. The number of hydrogen-bond acceptors (Lipinski definition) is 2. The number of nitrogens with one attached hydrogen (secondary N) is 1. The molecule has 0 aliphatic rings. The number of pyridine rings is 1. The van der Waals surface area contributed by atoms with E-state index < -0.39 is 0 Å². The van der Waals surface area contributed by atoms with E-state index in [0.29, 0.717) is 4.77 Å². The molecular formula is C14H11Br2N3S. The van der Waals surface area contributed by atoms with Crippen LogP contribution in [0.2, 0.25) is 0 Å². The van der Waals surface area contributed by atoms with Gasteiger partial charge in [-0.25, -0.2) is 4.98 Å². The van der Waals surface area contributed by atoms with Crippen molar-refractivity contribution in [3.05, 3.63) is 55.8 Å². The maximum Gasteiger partial charge on any atom is 0.179 e. The standard InChI is InChI=1S/C14H11Br2N3S/c1-8(9-2-4-10(15)5-3-9)19-13-12(18-14(19)20)6-11(16)7-17-13/h2-8H,1H3,(H,18,20). The average molecular weight is 413 g/mol. The van der Waals surface area contributed by atoms with Crippen LogP contribution in [0.15, 0.2) is 45.5 Å². The normalized spacial score (nSPS) is 12.8. The number of aromatic nitrogens is 3. The molecule has 0 spiro atoms. The zero-order valence-corrected chi connectivity index (χ0v) is 14.6. The molecule has 0 aliphatic heterocycles. The Morgan fingerprint density at radius 3 is 2.60 bits per heavy atom. The quantitative estimate of drug-likeness (QED) is 0.584. The van der Waals surface area contributed by atoms with Gasteiger partial charge in [0.05, 0.1) is 11.6 Å². The minimum Gasteiger partial charge on any atom is -0.329 e. The first-order valence-electron chi connectivity index (χ1n) is 6.07. The van der Waals surface area contributed by atoms with Crippen molar-refractivity contribution in [2.75, 3.05) is 0 Å². The Kier molecular flexibility index (Phi) is 3.79. The molecule has 0 amide bonds. The van der Waals surface area contributed by atoms with Crippen molar-refractivity contribution in [3.63, 3.8) is 0 Å². The molecular weight excluding hydrogens is 402 g/mol. The lowest BCUT2D eigenvalue weighted by Gasteiger charge is -2.14. The number of fused-ring (bicyclic) bond motifs is 1. The van der Waals surface area contributed by atoms with Crippen molar-refractivity contribution >= 4 is 55.2 Å². The third-order valence-corrected chi connectivity index (χ3v) is 4.52. The molecule has 0 fully saturated rings. The molecule has 0 radical (unpaired) electrons. The predicted octanol–water partition coefficient (Wildman–Crippen LogP) is 5.23. The van der Waals surface area contributed by atoms with Crippen LogP contribution in [0.25, 0.3) is 11.2 Å². The molecule has 1 unspecified atom stereocenters. The van der Waals surface area contributed by atoms with Crippen LogP contribution in [-0.2, 0) is 0 Å². The van der Waals surface area contributed by atoms with Gasteiger partial charge in [-0.1, -0.05) is 28.1 Å². The van der Waals surface area contributed by atoms with Crippen LogP contribution in [-0.4, -0.2) is 14.5 Å². The summed E-state index contributed by atoms with van der Waals surface area (Å²) in [5.41, 5.74) is 3.00. The minimum atomic E-state index is 0.123. The summed E-state index contributed by atoms with van der Waals surface area (Å²) >= 11 is 12.3. The lowest BCUT2D eigenvalue weighted by molar-refractivity contribution is 0.644. The number of imidazole rings is 1. The minimum absolute atomic E-state index is 0.123. The van der Waals surface area contributed by atoms with Crippen LogP contribution in [0, 0.1) is 4.77 Å². The number of aromatic amines is 1. The summed E-state index contributed by atoms with van der Waals surface area (Å²) < 4.78 is 4.73. The highest BCUT2D eigenvalue weighted by Gasteiger charge is 2.14. The summed E-state index contributed by atoms with van der Waals surface area (Å²) in [4.78, 5) is 7.68. The maximum atomic E-state index is 5.44. The van der Waals surface area contributed by atoms with Gasteiger partial charge in [0.15, 0.2) is 10.4 Å². The first kappa shape index (κ1) is 14.0. The number of nitrogens with zero attached hydrogens (tertiary/aromatic N) is 2. The second-order valence-electron chi connectivity index (χ2n) is 4.55. The Hall–Kier alpha value is -0.980. The highest BCUT2D eigenvalue weighted by Crippen LogP contribution is 2.25. The van der Waals surface area contributed by atoms with Crippen LogP contribution in [0.5, 0.6) is 0 Å². The third kappa shape index (κ3) is 2.47. The first-order chi connectivity index (χ1) is 9.56. The lowest BCUT2D eigenvalue weighted by atomic mass is 10.1. The average Bonchev–Trinajstić information content (AvgIpc) is 2.73. The molecule has 3 aromatic rings. The smallest absolute Gasteiger partial charge is 0.179 e. The van der Waals surface area contributed by atoms with E-state index in [0.717, 1.165) is 20.1 Å². The Morgan fingerprint density at radius 2 is 1.90 bits per heavy atom.